The van der Waals surface area contributed by atoms with Crippen molar-refractivity contribution in [3.05, 3.63) is 39.5 Å². The normalized spacial score (nSPS) is 16.6. The number of fused-ring (bicyclic) bond motifs is 2. The monoisotopic (exact) mass is 431 g/mol. The smallest absolute Gasteiger partial charge is 0.355 e. The first-order valence-corrected chi connectivity index (χ1v) is 11.6. The lowest BCUT2D eigenvalue weighted by Gasteiger charge is -2.25. The molecule has 152 valence electrons. The van der Waals surface area contributed by atoms with Crippen molar-refractivity contribution in [1.29, 1.82) is 5.26 Å². The molecule has 0 fully saturated rings. The van der Waals surface area contributed by atoms with Gasteiger partial charge >= 0.3 is 6.03 Å². The zero-order valence-corrected chi connectivity index (χ0v) is 17.7. The van der Waals surface area contributed by atoms with Gasteiger partial charge < -0.3 is 10.4 Å². The van der Waals surface area contributed by atoms with Gasteiger partial charge in [0.15, 0.2) is 16.1 Å². The molecule has 1 aromatic carbocycles. The third-order valence-electron chi connectivity index (χ3n) is 5.15. The summed E-state index contributed by atoms with van der Waals surface area (Å²) in [7, 11) is -3.55. The van der Waals surface area contributed by atoms with Crippen LogP contribution in [0.25, 0.3) is 0 Å². The highest BCUT2D eigenvalue weighted by molar-refractivity contribution is 7.94. The number of aliphatic hydroxyl groups is 1. The molecule has 0 radical (unpaired) electrons. The number of aromatic nitrogens is 1. The van der Waals surface area contributed by atoms with Crippen LogP contribution >= 0.6 is 11.3 Å². The number of nitriles is 1. The number of amides is 2. The van der Waals surface area contributed by atoms with E-state index in [1.54, 1.807) is 20.0 Å². The standard InChI is InChI=1S/C19H21N5O3S2/c1-19(2,26)17-21-9-15(28-17)29(27,22-10-20)24-18(25)23-16-13-5-3-4-11(13)8-12-6-7-14(12)16/h8-9,26H,3-7H2,1-2H3,(H2,22,23,24,25,27)/t29-/m0/s1. The number of hydrogen-bond donors (Lipinski definition) is 3. The molecule has 1 aromatic heterocycles. The number of carbonyl (C=O) groups excluding carboxylic acids is 1. The van der Waals surface area contributed by atoms with Crippen LogP contribution in [0.2, 0.25) is 0 Å². The van der Waals surface area contributed by atoms with Crippen LogP contribution in [0.3, 0.4) is 0 Å². The van der Waals surface area contributed by atoms with E-state index in [1.165, 1.54) is 17.3 Å². The number of nitrogens with one attached hydrogen (secondary N) is 2. The van der Waals surface area contributed by atoms with Crippen molar-refractivity contribution in [2.45, 2.75) is 55.8 Å². The Labute approximate surface area is 173 Å². The van der Waals surface area contributed by atoms with E-state index in [9.17, 15) is 14.1 Å². The molecule has 0 saturated carbocycles. The molecule has 1 heterocycles. The van der Waals surface area contributed by atoms with Gasteiger partial charge in [0.2, 0.25) is 0 Å². The zero-order chi connectivity index (χ0) is 20.8. The molecular formula is C19H21N5O3S2. The second-order valence-electron chi connectivity index (χ2n) is 7.69. The van der Waals surface area contributed by atoms with Gasteiger partial charge in [-0.3, -0.25) is 0 Å². The van der Waals surface area contributed by atoms with E-state index in [0.717, 1.165) is 60.3 Å². The van der Waals surface area contributed by atoms with Crippen molar-refractivity contribution in [3.63, 3.8) is 0 Å². The van der Waals surface area contributed by atoms with Crippen molar-refractivity contribution >= 4 is 33.0 Å². The summed E-state index contributed by atoms with van der Waals surface area (Å²) in [5.41, 5.74) is 4.31. The fourth-order valence-corrected chi connectivity index (χ4v) is 6.10. The van der Waals surface area contributed by atoms with Crippen LogP contribution in [0, 0.1) is 11.5 Å². The molecule has 0 spiro atoms. The van der Waals surface area contributed by atoms with Crippen LogP contribution in [-0.2, 0) is 41.2 Å². The van der Waals surface area contributed by atoms with E-state index in [2.05, 4.69) is 25.5 Å². The van der Waals surface area contributed by atoms with E-state index >= 15 is 0 Å². The van der Waals surface area contributed by atoms with Crippen LogP contribution in [0.1, 0.15) is 47.5 Å². The average Bonchev–Trinajstić information content (AvgIpc) is 3.26. The van der Waals surface area contributed by atoms with Crippen LogP contribution < -0.4 is 10.0 Å². The summed E-state index contributed by atoms with van der Waals surface area (Å²) >= 11 is 0.948. The van der Waals surface area contributed by atoms with Crippen molar-refractivity contribution in [2.75, 3.05) is 5.32 Å². The van der Waals surface area contributed by atoms with Crippen LogP contribution in [-0.4, -0.2) is 20.3 Å². The van der Waals surface area contributed by atoms with Gasteiger partial charge in [0, 0.05) is 5.69 Å². The molecule has 29 heavy (non-hydrogen) atoms. The molecular weight excluding hydrogens is 410 g/mol. The van der Waals surface area contributed by atoms with Crippen molar-refractivity contribution in [1.82, 2.24) is 9.71 Å². The lowest BCUT2D eigenvalue weighted by molar-refractivity contribution is 0.0783. The predicted molar refractivity (Wildman–Crippen MR) is 110 cm³/mol. The predicted octanol–water partition coefficient (Wildman–Crippen LogP) is 3.00. The molecule has 2 aliphatic rings. The van der Waals surface area contributed by atoms with Crippen molar-refractivity contribution in [2.24, 2.45) is 4.36 Å². The summed E-state index contributed by atoms with van der Waals surface area (Å²) in [5, 5.41) is 22.3. The Morgan fingerprint density at radius 1 is 1.31 bits per heavy atom. The highest BCUT2D eigenvalue weighted by Crippen LogP contribution is 2.39. The number of benzene rings is 1. The number of nitrogens with zero attached hydrogens (tertiary/aromatic N) is 3. The summed E-state index contributed by atoms with van der Waals surface area (Å²) in [6, 6.07) is 1.45. The molecule has 0 saturated heterocycles. The Morgan fingerprint density at radius 3 is 2.66 bits per heavy atom. The van der Waals surface area contributed by atoms with Crippen LogP contribution in [0.15, 0.2) is 20.8 Å². The number of rotatable bonds is 4. The largest absolute Gasteiger partial charge is 0.383 e. The van der Waals surface area contributed by atoms with Crippen molar-refractivity contribution < 1.29 is 14.1 Å². The Bertz CT molecular complexity index is 1160. The number of thiazole rings is 1. The molecule has 0 unspecified atom stereocenters. The lowest BCUT2D eigenvalue weighted by Crippen LogP contribution is -2.22. The first-order valence-electron chi connectivity index (χ1n) is 9.30. The van der Waals surface area contributed by atoms with Gasteiger partial charge in [-0.25, -0.2) is 18.7 Å². The molecule has 0 aliphatic heterocycles. The first-order chi connectivity index (χ1) is 13.7. The van der Waals surface area contributed by atoms with Gasteiger partial charge in [-0.05, 0) is 68.2 Å². The summed E-state index contributed by atoms with van der Waals surface area (Å²) in [5.74, 6) is 0. The van der Waals surface area contributed by atoms with Gasteiger partial charge in [-0.2, -0.15) is 5.26 Å². The van der Waals surface area contributed by atoms with E-state index in [0.29, 0.717) is 5.01 Å². The lowest BCUT2D eigenvalue weighted by atomic mass is 9.83. The summed E-state index contributed by atoms with van der Waals surface area (Å²) in [6.07, 6.45) is 7.72. The molecule has 2 aliphatic carbocycles. The number of aryl methyl sites for hydroxylation is 2. The minimum absolute atomic E-state index is 0.109. The maximum absolute atomic E-state index is 13.3. The van der Waals surface area contributed by atoms with E-state index < -0.39 is 21.5 Å². The number of anilines is 1. The highest BCUT2D eigenvalue weighted by atomic mass is 32.2. The third-order valence-corrected chi connectivity index (χ3v) is 8.63. The number of carbonyl (C=O) groups is 1. The van der Waals surface area contributed by atoms with Crippen molar-refractivity contribution in [3.8, 4) is 6.19 Å². The number of urea groups is 1. The zero-order valence-electron chi connectivity index (χ0n) is 16.1. The molecule has 3 N–H and O–H groups in total. The quantitative estimate of drug-likeness (QED) is 0.506. The summed E-state index contributed by atoms with van der Waals surface area (Å²) < 4.78 is 19.3. The minimum atomic E-state index is -3.55. The molecule has 4 rings (SSSR count). The van der Waals surface area contributed by atoms with E-state index in [-0.39, 0.29) is 4.21 Å². The van der Waals surface area contributed by atoms with E-state index in [4.69, 9.17) is 5.26 Å². The Morgan fingerprint density at radius 2 is 2.03 bits per heavy atom. The molecule has 1 atom stereocenters. The van der Waals surface area contributed by atoms with Gasteiger partial charge in [0.25, 0.3) is 0 Å². The van der Waals surface area contributed by atoms with E-state index in [1.807, 2.05) is 0 Å². The second-order valence-corrected chi connectivity index (χ2v) is 10.9. The van der Waals surface area contributed by atoms with Gasteiger partial charge in [0.05, 0.1) is 6.20 Å². The maximum Gasteiger partial charge on any atom is 0.355 e. The van der Waals surface area contributed by atoms with Gasteiger partial charge in [0.1, 0.15) is 14.8 Å². The van der Waals surface area contributed by atoms with Crippen LogP contribution in [0.5, 0.6) is 0 Å². The maximum atomic E-state index is 13.3. The molecule has 8 nitrogen and oxygen atoms in total. The average molecular weight is 432 g/mol. The first kappa shape index (κ1) is 19.8. The van der Waals surface area contributed by atoms with Crippen LogP contribution in [0.4, 0.5) is 10.5 Å². The Kier molecular flexibility index (Phi) is 4.85. The highest BCUT2D eigenvalue weighted by Gasteiger charge is 2.28. The Hall–Kier alpha value is -2.48. The summed E-state index contributed by atoms with van der Waals surface area (Å²) in [4.78, 5) is 16.8. The molecule has 2 amide bonds. The molecule has 10 heteroatoms. The summed E-state index contributed by atoms with van der Waals surface area (Å²) in [6.45, 7) is 3.10. The molecule has 2 aromatic rings. The van der Waals surface area contributed by atoms with Gasteiger partial charge in [-0.15, -0.1) is 15.7 Å². The third kappa shape index (κ3) is 3.61. The molecule has 0 bridgehead atoms. The fraction of sp³-hybridized carbons (Fsp3) is 0.421. The van der Waals surface area contributed by atoms with Gasteiger partial charge in [-0.1, -0.05) is 6.07 Å². The fourth-order valence-electron chi connectivity index (χ4n) is 3.69. The Balaban J connectivity index is 1.69. The second kappa shape index (κ2) is 7.09. The SMILES string of the molecule is CC(C)(O)c1ncc([S@@](=O)(=NC(=O)Nc2c3c(cc4c2CC4)CCC3)NC#N)s1. The topological polar surface area (TPSA) is 127 Å². The number of hydrogen-bond acceptors (Lipinski definition) is 6. The minimum Gasteiger partial charge on any atom is -0.383 e.